The van der Waals surface area contributed by atoms with Gasteiger partial charge in [0.05, 0.1) is 10.2 Å². The molecule has 21 heavy (non-hydrogen) atoms. The van der Waals surface area contributed by atoms with Crippen LogP contribution in [-0.2, 0) is 4.79 Å². The molecule has 1 fully saturated rings. The minimum atomic E-state index is 0.126. The van der Waals surface area contributed by atoms with Crippen LogP contribution in [0.1, 0.15) is 37.6 Å². The van der Waals surface area contributed by atoms with E-state index >= 15 is 0 Å². The number of para-hydroxylation sites is 1. The Balaban J connectivity index is 1.73. The summed E-state index contributed by atoms with van der Waals surface area (Å²) in [5, 5.41) is 0.898. The second kappa shape index (κ2) is 6.39. The van der Waals surface area contributed by atoms with Gasteiger partial charge in [0.1, 0.15) is 5.01 Å². The smallest absolute Gasteiger partial charge is 0.246 e. The molecule has 1 atom stereocenters. The molecule has 1 aromatic heterocycles. The predicted molar refractivity (Wildman–Crippen MR) is 88.3 cm³/mol. The van der Waals surface area contributed by atoms with Gasteiger partial charge < -0.3 is 4.90 Å². The highest BCUT2D eigenvalue weighted by Gasteiger charge is 2.23. The van der Waals surface area contributed by atoms with Crippen molar-refractivity contribution in [2.24, 2.45) is 0 Å². The maximum absolute atomic E-state index is 12.4. The van der Waals surface area contributed by atoms with E-state index in [1.807, 2.05) is 29.2 Å². The van der Waals surface area contributed by atoms with Crippen LogP contribution in [-0.4, -0.2) is 28.4 Å². The molecule has 1 aliphatic rings. The molecule has 0 bridgehead atoms. The highest BCUT2D eigenvalue weighted by atomic mass is 32.1. The fraction of sp³-hybridized carbons (Fsp3) is 0.412. The topological polar surface area (TPSA) is 33.2 Å². The van der Waals surface area contributed by atoms with E-state index in [2.05, 4.69) is 18.0 Å². The molecule has 2 heterocycles. The molecule has 0 N–H and O–H groups in total. The number of carbonyl (C=O) groups is 1. The third kappa shape index (κ3) is 3.16. The predicted octanol–water partition coefficient (Wildman–Crippen LogP) is 4.10. The number of carbonyl (C=O) groups excluding carboxylic acids is 1. The van der Waals surface area contributed by atoms with E-state index in [1.165, 1.54) is 6.42 Å². The van der Waals surface area contributed by atoms with Gasteiger partial charge in [0, 0.05) is 18.7 Å². The number of thiazole rings is 1. The van der Waals surface area contributed by atoms with Crippen molar-refractivity contribution in [2.75, 3.05) is 6.54 Å². The summed E-state index contributed by atoms with van der Waals surface area (Å²) in [5.74, 6) is 0.126. The summed E-state index contributed by atoms with van der Waals surface area (Å²) in [6, 6.07) is 8.47. The highest BCUT2D eigenvalue weighted by Crippen LogP contribution is 2.23. The van der Waals surface area contributed by atoms with Crippen molar-refractivity contribution in [3.05, 3.63) is 35.3 Å². The summed E-state index contributed by atoms with van der Waals surface area (Å²) in [5.41, 5.74) is 0.999. The molecule has 0 spiro atoms. The van der Waals surface area contributed by atoms with Crippen LogP contribution in [0.15, 0.2) is 30.3 Å². The summed E-state index contributed by atoms with van der Waals surface area (Å²) in [7, 11) is 0. The van der Waals surface area contributed by atoms with E-state index in [4.69, 9.17) is 0 Å². The Morgan fingerprint density at radius 3 is 3.10 bits per heavy atom. The first kappa shape index (κ1) is 14.3. The zero-order chi connectivity index (χ0) is 14.7. The van der Waals surface area contributed by atoms with Gasteiger partial charge in [0.2, 0.25) is 5.91 Å². The van der Waals surface area contributed by atoms with Crippen LogP contribution in [0.4, 0.5) is 0 Å². The second-order valence-corrected chi connectivity index (χ2v) is 6.50. The molecule has 110 valence electrons. The fourth-order valence-electron chi connectivity index (χ4n) is 2.91. The van der Waals surface area contributed by atoms with Crippen LogP contribution in [0.25, 0.3) is 16.3 Å². The number of amides is 1. The SMILES string of the molecule is CCC1CCCCN1C(=O)C=Cc1nc2ccccc2s1. The van der Waals surface area contributed by atoms with E-state index < -0.39 is 0 Å². The molecule has 1 unspecified atom stereocenters. The zero-order valence-electron chi connectivity index (χ0n) is 12.3. The number of hydrogen-bond acceptors (Lipinski definition) is 3. The third-order valence-corrected chi connectivity index (χ3v) is 5.06. The molecule has 4 heteroatoms. The minimum Gasteiger partial charge on any atom is -0.336 e. The van der Waals surface area contributed by atoms with Gasteiger partial charge >= 0.3 is 0 Å². The van der Waals surface area contributed by atoms with E-state index in [9.17, 15) is 4.79 Å². The Labute approximate surface area is 129 Å². The van der Waals surface area contributed by atoms with Crippen molar-refractivity contribution in [2.45, 2.75) is 38.6 Å². The van der Waals surface area contributed by atoms with Crippen LogP contribution in [0.3, 0.4) is 0 Å². The van der Waals surface area contributed by atoms with Crippen molar-refractivity contribution >= 4 is 33.5 Å². The maximum Gasteiger partial charge on any atom is 0.246 e. The molecule has 3 nitrogen and oxygen atoms in total. The van der Waals surface area contributed by atoms with E-state index in [1.54, 1.807) is 17.4 Å². The first-order valence-electron chi connectivity index (χ1n) is 7.62. The number of benzene rings is 1. The number of likely N-dealkylation sites (tertiary alicyclic amines) is 1. The van der Waals surface area contributed by atoms with Gasteiger partial charge in [0.15, 0.2) is 0 Å². The largest absolute Gasteiger partial charge is 0.336 e. The number of nitrogens with zero attached hydrogens (tertiary/aromatic N) is 2. The zero-order valence-corrected chi connectivity index (χ0v) is 13.1. The van der Waals surface area contributed by atoms with E-state index in [-0.39, 0.29) is 5.91 Å². The van der Waals surface area contributed by atoms with Crippen molar-refractivity contribution in [1.29, 1.82) is 0 Å². The Hall–Kier alpha value is -1.68. The lowest BCUT2D eigenvalue weighted by Crippen LogP contribution is -2.42. The Bertz CT molecular complexity index is 629. The lowest BCUT2D eigenvalue weighted by molar-refractivity contribution is -0.129. The summed E-state index contributed by atoms with van der Waals surface area (Å²) >= 11 is 1.62. The highest BCUT2D eigenvalue weighted by molar-refractivity contribution is 7.19. The first-order chi connectivity index (χ1) is 10.3. The molecule has 1 aliphatic heterocycles. The van der Waals surface area contributed by atoms with Crippen LogP contribution in [0.2, 0.25) is 0 Å². The van der Waals surface area contributed by atoms with Gasteiger partial charge in [-0.25, -0.2) is 4.98 Å². The normalized spacial score (nSPS) is 19.5. The summed E-state index contributed by atoms with van der Waals surface area (Å²) < 4.78 is 1.16. The van der Waals surface area contributed by atoms with Gasteiger partial charge in [-0.1, -0.05) is 19.1 Å². The molecule has 0 saturated carbocycles. The fourth-order valence-corrected chi connectivity index (χ4v) is 3.79. The van der Waals surface area contributed by atoms with Crippen molar-refractivity contribution in [3.63, 3.8) is 0 Å². The van der Waals surface area contributed by atoms with Crippen molar-refractivity contribution in [3.8, 4) is 0 Å². The van der Waals surface area contributed by atoms with Gasteiger partial charge in [-0.3, -0.25) is 4.79 Å². The van der Waals surface area contributed by atoms with Crippen LogP contribution < -0.4 is 0 Å². The number of piperidine rings is 1. The molecule has 1 aromatic carbocycles. The quantitative estimate of drug-likeness (QED) is 0.800. The summed E-state index contributed by atoms with van der Waals surface area (Å²) in [6.45, 7) is 3.05. The molecular formula is C17H20N2OS. The lowest BCUT2D eigenvalue weighted by atomic mass is 10.00. The van der Waals surface area contributed by atoms with Gasteiger partial charge in [-0.2, -0.15) is 0 Å². The molecule has 3 rings (SSSR count). The Kier molecular flexibility index (Phi) is 4.34. The Morgan fingerprint density at radius 2 is 2.29 bits per heavy atom. The minimum absolute atomic E-state index is 0.126. The Morgan fingerprint density at radius 1 is 1.43 bits per heavy atom. The molecule has 1 saturated heterocycles. The number of fused-ring (bicyclic) bond motifs is 1. The van der Waals surface area contributed by atoms with Gasteiger partial charge in [-0.15, -0.1) is 11.3 Å². The van der Waals surface area contributed by atoms with Gasteiger partial charge in [0.25, 0.3) is 0 Å². The summed E-state index contributed by atoms with van der Waals surface area (Å²) in [4.78, 5) is 18.9. The third-order valence-electron chi connectivity index (χ3n) is 4.06. The van der Waals surface area contributed by atoms with Crippen molar-refractivity contribution < 1.29 is 4.79 Å². The number of rotatable bonds is 3. The summed E-state index contributed by atoms with van der Waals surface area (Å²) in [6.07, 6.45) is 8.08. The lowest BCUT2D eigenvalue weighted by Gasteiger charge is -2.34. The molecular weight excluding hydrogens is 280 g/mol. The monoisotopic (exact) mass is 300 g/mol. The van der Waals surface area contributed by atoms with E-state index in [0.29, 0.717) is 6.04 Å². The average Bonchev–Trinajstić information content (AvgIpc) is 2.95. The maximum atomic E-state index is 12.4. The average molecular weight is 300 g/mol. The van der Waals surface area contributed by atoms with Gasteiger partial charge in [-0.05, 0) is 43.9 Å². The first-order valence-corrected chi connectivity index (χ1v) is 8.44. The number of aromatic nitrogens is 1. The van der Waals surface area contributed by atoms with Crippen LogP contribution in [0.5, 0.6) is 0 Å². The molecule has 0 aliphatic carbocycles. The molecule has 1 amide bonds. The molecule has 2 aromatic rings. The number of hydrogen-bond donors (Lipinski definition) is 0. The standard InChI is InChI=1S/C17H20N2OS/c1-2-13-7-5-6-12-19(13)17(20)11-10-16-18-14-8-3-4-9-15(14)21-16/h3-4,8-11,13H,2,5-7,12H2,1H3. The second-order valence-electron chi connectivity index (χ2n) is 5.44. The van der Waals surface area contributed by atoms with Crippen molar-refractivity contribution in [1.82, 2.24) is 9.88 Å². The van der Waals surface area contributed by atoms with Crippen LogP contribution in [0, 0.1) is 0 Å². The molecule has 0 radical (unpaired) electrons. The van der Waals surface area contributed by atoms with E-state index in [0.717, 1.165) is 41.0 Å². The van der Waals surface area contributed by atoms with Crippen LogP contribution >= 0.6 is 11.3 Å².